The number of likely N-dealkylation sites (N-methyl/N-ethyl adjacent to an activating group) is 1. The number of carbonyl (C=O) groups is 3. The zero-order chi connectivity index (χ0) is 40.4. The summed E-state index contributed by atoms with van der Waals surface area (Å²) in [6.07, 6.45) is 0.966. The lowest BCUT2D eigenvalue weighted by atomic mass is 9.99. The van der Waals surface area contributed by atoms with E-state index in [0.717, 1.165) is 35.2 Å². The molecule has 0 unspecified atom stereocenters. The molecule has 0 radical (unpaired) electrons. The fourth-order valence-corrected chi connectivity index (χ4v) is 8.02. The molecule has 16 heteroatoms. The number of rotatable bonds is 16. The number of nitro benzene ring substituents is 1. The van der Waals surface area contributed by atoms with Gasteiger partial charge in [0.15, 0.2) is 0 Å². The molecular formula is C40H46N6O8S2. The van der Waals surface area contributed by atoms with Gasteiger partial charge >= 0.3 is 0 Å². The van der Waals surface area contributed by atoms with Gasteiger partial charge in [-0.3, -0.25) is 24.5 Å². The summed E-state index contributed by atoms with van der Waals surface area (Å²) >= 11 is 1.50. The normalized spacial score (nSPS) is 13.8. The number of ether oxygens (including phenoxy) is 1. The zero-order valence-corrected chi connectivity index (χ0v) is 33.4. The topological polar surface area (TPSA) is 171 Å². The van der Waals surface area contributed by atoms with Gasteiger partial charge < -0.3 is 24.8 Å². The summed E-state index contributed by atoms with van der Waals surface area (Å²) < 4.78 is 34.4. The second-order valence-electron chi connectivity index (χ2n) is 13.6. The molecule has 4 aromatic rings. The highest BCUT2D eigenvalue weighted by Crippen LogP contribution is 2.33. The summed E-state index contributed by atoms with van der Waals surface area (Å²) in [5.74, 6) is -0.00658. The number of sulfonamides is 1. The van der Waals surface area contributed by atoms with Crippen molar-refractivity contribution in [3.05, 3.63) is 112 Å². The summed E-state index contributed by atoms with van der Waals surface area (Å²) in [5.41, 5.74) is 1.94. The lowest BCUT2D eigenvalue weighted by molar-refractivity contribution is -0.384. The van der Waals surface area contributed by atoms with Crippen LogP contribution in [0.4, 0.5) is 11.4 Å². The van der Waals surface area contributed by atoms with E-state index in [1.165, 1.54) is 48.0 Å². The molecule has 0 saturated carbocycles. The second kappa shape index (κ2) is 18.9. The Bertz CT molecular complexity index is 2140. The minimum atomic E-state index is -4.54. The molecule has 0 aromatic heterocycles. The quantitative estimate of drug-likeness (QED) is 0.0873. The number of nitrogens with one attached hydrogen (secondary N) is 2. The third-order valence-corrected chi connectivity index (χ3v) is 11.9. The average Bonchev–Trinajstić information content (AvgIpc) is 3.19. The number of amides is 3. The lowest BCUT2D eigenvalue weighted by Crippen LogP contribution is -2.48. The van der Waals surface area contributed by atoms with Crippen LogP contribution >= 0.6 is 11.8 Å². The van der Waals surface area contributed by atoms with Crippen molar-refractivity contribution in [2.75, 3.05) is 65.5 Å². The van der Waals surface area contributed by atoms with Crippen LogP contribution in [0.2, 0.25) is 0 Å². The Kier molecular flexibility index (Phi) is 14.1. The summed E-state index contributed by atoms with van der Waals surface area (Å²) in [6.45, 7) is 2.67. The van der Waals surface area contributed by atoms with Crippen LogP contribution in [0.3, 0.4) is 0 Å². The monoisotopic (exact) mass is 802 g/mol. The van der Waals surface area contributed by atoms with Crippen molar-refractivity contribution in [3.8, 4) is 16.9 Å². The predicted octanol–water partition coefficient (Wildman–Crippen LogP) is 5.15. The van der Waals surface area contributed by atoms with Crippen molar-refractivity contribution in [3.63, 3.8) is 0 Å². The highest BCUT2D eigenvalue weighted by atomic mass is 32.2. The molecule has 1 heterocycles. The van der Waals surface area contributed by atoms with Gasteiger partial charge in [0.2, 0.25) is 11.8 Å². The molecule has 3 amide bonds. The minimum absolute atomic E-state index is 0.0139. The summed E-state index contributed by atoms with van der Waals surface area (Å²) in [5, 5.41) is 15.4. The van der Waals surface area contributed by atoms with Crippen LogP contribution < -0.4 is 14.8 Å². The van der Waals surface area contributed by atoms with Crippen LogP contribution in [0.25, 0.3) is 11.1 Å². The van der Waals surface area contributed by atoms with Crippen LogP contribution in [0.5, 0.6) is 5.75 Å². The van der Waals surface area contributed by atoms with Gasteiger partial charge in [0.05, 0.1) is 16.9 Å². The number of aryl methyl sites for hydroxylation is 1. The fraction of sp³-hybridized carbons (Fsp3) is 0.325. The highest BCUT2D eigenvalue weighted by Gasteiger charge is 2.27. The molecule has 2 N–H and O–H groups in total. The van der Waals surface area contributed by atoms with Crippen LogP contribution in [-0.2, 0) is 26.0 Å². The van der Waals surface area contributed by atoms with Gasteiger partial charge in [-0.2, -0.15) is 0 Å². The third-order valence-electron chi connectivity index (χ3n) is 9.38. The van der Waals surface area contributed by atoms with Crippen molar-refractivity contribution >= 4 is 50.9 Å². The predicted molar refractivity (Wildman–Crippen MR) is 216 cm³/mol. The number of nitro groups is 1. The van der Waals surface area contributed by atoms with E-state index in [-0.39, 0.29) is 29.5 Å². The molecule has 56 heavy (non-hydrogen) atoms. The first-order valence-corrected chi connectivity index (χ1v) is 20.4. The molecule has 1 atom stereocenters. The van der Waals surface area contributed by atoms with Crippen molar-refractivity contribution in [2.45, 2.75) is 35.1 Å². The molecule has 1 aliphatic heterocycles. The molecule has 296 valence electrons. The summed E-state index contributed by atoms with van der Waals surface area (Å²) in [6, 6.07) is 24.3. The number of thioether (sulfide) groups is 1. The Labute approximate surface area is 331 Å². The van der Waals surface area contributed by atoms with Crippen LogP contribution in [0.15, 0.2) is 101 Å². The van der Waals surface area contributed by atoms with E-state index in [9.17, 15) is 32.9 Å². The Morgan fingerprint density at radius 2 is 1.64 bits per heavy atom. The number of piperazine rings is 1. The molecule has 0 spiro atoms. The van der Waals surface area contributed by atoms with Gasteiger partial charge in [0.25, 0.3) is 21.6 Å². The van der Waals surface area contributed by atoms with Crippen LogP contribution in [0.1, 0.15) is 28.8 Å². The van der Waals surface area contributed by atoms with Crippen molar-refractivity contribution in [2.24, 2.45) is 0 Å². The van der Waals surface area contributed by atoms with Gasteiger partial charge in [0, 0.05) is 87.0 Å². The number of anilines is 1. The van der Waals surface area contributed by atoms with Gasteiger partial charge in [0.1, 0.15) is 11.4 Å². The number of hydrogen-bond donors (Lipinski definition) is 2. The van der Waals surface area contributed by atoms with Gasteiger partial charge in [-0.1, -0.05) is 42.5 Å². The van der Waals surface area contributed by atoms with E-state index in [1.54, 1.807) is 31.1 Å². The third kappa shape index (κ3) is 11.1. The summed E-state index contributed by atoms with van der Waals surface area (Å²) in [7, 11) is 2.41. The van der Waals surface area contributed by atoms with E-state index in [0.29, 0.717) is 43.0 Å². The highest BCUT2D eigenvalue weighted by molar-refractivity contribution is 7.99. The molecule has 1 fully saturated rings. The smallest absolute Gasteiger partial charge is 0.293 e. The van der Waals surface area contributed by atoms with Crippen LogP contribution in [0, 0.1) is 10.1 Å². The van der Waals surface area contributed by atoms with E-state index >= 15 is 0 Å². The van der Waals surface area contributed by atoms with Gasteiger partial charge in [-0.15, -0.1) is 11.8 Å². The van der Waals surface area contributed by atoms with Crippen molar-refractivity contribution < 1.29 is 32.5 Å². The number of benzene rings is 4. The van der Waals surface area contributed by atoms with E-state index in [4.69, 9.17) is 4.74 Å². The molecule has 1 saturated heterocycles. The molecular weight excluding hydrogens is 757 g/mol. The maximum absolute atomic E-state index is 13.4. The number of methoxy groups -OCH3 is 1. The Hall–Kier alpha value is -5.45. The number of carbonyl (C=O) groups excluding carboxylic acids is 3. The first-order valence-electron chi connectivity index (χ1n) is 18.0. The molecule has 0 aliphatic carbocycles. The molecule has 14 nitrogen and oxygen atoms in total. The van der Waals surface area contributed by atoms with Crippen molar-refractivity contribution in [1.82, 2.24) is 19.4 Å². The number of hydrogen-bond acceptors (Lipinski definition) is 11. The second-order valence-corrected chi connectivity index (χ2v) is 16.4. The zero-order valence-electron chi connectivity index (χ0n) is 31.8. The standard InChI is InChI=1S/C40H46N6O8S2/c1-43(2)38(47)19-11-28-10-17-34(37(24-28)54-4)29-12-14-30(15-13-29)40(49)42-56(52,53)33-16-18-35(36(26-33)46(50)51)41-31(27-55-32-8-6-5-7-9-32)25-39(48)45-22-20-44(3)21-23-45/h5-10,12-18,24,26,31,41H,11,19-23,25,27H2,1-4H3,(H,42,49)/t31-/m0/s1. The first kappa shape index (κ1) is 41.7. The average molecular weight is 803 g/mol. The van der Waals surface area contributed by atoms with E-state index in [1.807, 2.05) is 60.3 Å². The summed E-state index contributed by atoms with van der Waals surface area (Å²) in [4.78, 5) is 56.0. The Balaban J connectivity index is 1.29. The van der Waals surface area contributed by atoms with E-state index < -0.39 is 37.5 Å². The fourth-order valence-electron chi connectivity index (χ4n) is 6.08. The first-order chi connectivity index (χ1) is 26.7. The maximum Gasteiger partial charge on any atom is 0.293 e. The maximum atomic E-state index is 13.4. The SMILES string of the molecule is COc1cc(CCC(=O)N(C)C)ccc1-c1ccc(C(=O)NS(=O)(=O)c2ccc(N[C@H](CSc3ccccc3)CC(=O)N3CCN(C)CC3)c([N+](=O)[O-])c2)cc1. The van der Waals surface area contributed by atoms with Crippen molar-refractivity contribution in [1.29, 1.82) is 0 Å². The molecule has 5 rings (SSSR count). The molecule has 0 bridgehead atoms. The van der Waals surface area contributed by atoms with Gasteiger partial charge in [-0.05, 0) is 67.1 Å². The Morgan fingerprint density at radius 1 is 0.946 bits per heavy atom. The largest absolute Gasteiger partial charge is 0.496 e. The lowest BCUT2D eigenvalue weighted by Gasteiger charge is -2.33. The van der Waals surface area contributed by atoms with Crippen LogP contribution in [-0.4, -0.2) is 112 Å². The minimum Gasteiger partial charge on any atom is -0.496 e. The molecule has 1 aliphatic rings. The van der Waals surface area contributed by atoms with Gasteiger partial charge in [-0.25, -0.2) is 13.1 Å². The Morgan fingerprint density at radius 3 is 2.29 bits per heavy atom. The van der Waals surface area contributed by atoms with E-state index in [2.05, 4.69) is 10.2 Å². The number of nitrogens with zero attached hydrogens (tertiary/aromatic N) is 4. The molecule has 4 aromatic carbocycles.